The number of piperidine rings is 1. The normalized spacial score (nSPS) is 18.6. The number of carbonyl (C=O) groups is 2. The molecule has 0 saturated carbocycles. The molecule has 1 N–H and O–H groups in total. The van der Waals surface area contributed by atoms with Gasteiger partial charge < -0.3 is 14.9 Å². The van der Waals surface area contributed by atoms with E-state index in [1.807, 2.05) is 0 Å². The number of urea groups is 1. The average molecular weight is 240 g/mol. The Hall–Kier alpha value is -1.52. The predicted octanol–water partition coefficient (Wildman–Crippen LogP) is 1.41. The van der Waals surface area contributed by atoms with Crippen LogP contribution in [0.5, 0.6) is 0 Å². The van der Waals surface area contributed by atoms with Crippen molar-refractivity contribution in [1.82, 2.24) is 9.80 Å². The van der Waals surface area contributed by atoms with E-state index in [0.717, 1.165) is 0 Å². The summed E-state index contributed by atoms with van der Waals surface area (Å²) in [4.78, 5) is 26.3. The van der Waals surface area contributed by atoms with Gasteiger partial charge in [0.1, 0.15) is 0 Å². The maximum atomic E-state index is 11.9. The summed E-state index contributed by atoms with van der Waals surface area (Å²) in [5, 5.41) is 9.09. The molecule has 0 atom stereocenters. The quantitative estimate of drug-likeness (QED) is 0.759. The number of carboxylic acids is 1. The van der Waals surface area contributed by atoms with Crippen molar-refractivity contribution < 1.29 is 14.7 Å². The highest BCUT2D eigenvalue weighted by molar-refractivity contribution is 5.77. The summed E-state index contributed by atoms with van der Waals surface area (Å²) in [6.45, 7) is 6.84. The number of hydrogen-bond donors (Lipinski definition) is 1. The molecule has 1 aliphatic heterocycles. The SMILES string of the molecule is C=CCN(C)C(=O)N1CCC(C)(C(=O)O)CC1. The largest absolute Gasteiger partial charge is 0.481 e. The van der Waals surface area contributed by atoms with Crippen molar-refractivity contribution in [1.29, 1.82) is 0 Å². The molecule has 5 nitrogen and oxygen atoms in total. The molecule has 0 radical (unpaired) electrons. The third-order valence-electron chi connectivity index (χ3n) is 3.38. The zero-order chi connectivity index (χ0) is 13.1. The molecule has 1 heterocycles. The number of likely N-dealkylation sites (N-methyl/N-ethyl adjacent to an activating group) is 1. The first-order valence-corrected chi connectivity index (χ1v) is 5.75. The van der Waals surface area contributed by atoms with Crippen LogP contribution in [0.15, 0.2) is 12.7 Å². The maximum Gasteiger partial charge on any atom is 0.320 e. The van der Waals surface area contributed by atoms with Crippen LogP contribution in [-0.4, -0.2) is 53.6 Å². The summed E-state index contributed by atoms with van der Waals surface area (Å²) in [6, 6.07) is -0.0580. The van der Waals surface area contributed by atoms with Crippen molar-refractivity contribution in [3.8, 4) is 0 Å². The van der Waals surface area contributed by atoms with Crippen LogP contribution in [-0.2, 0) is 4.79 Å². The number of nitrogens with zero attached hydrogens (tertiary/aromatic N) is 2. The van der Waals surface area contributed by atoms with Crippen molar-refractivity contribution in [3.63, 3.8) is 0 Å². The zero-order valence-corrected chi connectivity index (χ0v) is 10.5. The summed E-state index contributed by atoms with van der Waals surface area (Å²) in [7, 11) is 1.72. The number of amides is 2. The van der Waals surface area contributed by atoms with Gasteiger partial charge in [-0.05, 0) is 19.8 Å². The maximum absolute atomic E-state index is 11.9. The molecule has 96 valence electrons. The molecule has 1 saturated heterocycles. The van der Waals surface area contributed by atoms with E-state index in [2.05, 4.69) is 6.58 Å². The summed E-state index contributed by atoms with van der Waals surface area (Å²) in [5.74, 6) is -0.774. The Morgan fingerprint density at radius 2 is 2.00 bits per heavy atom. The van der Waals surface area contributed by atoms with E-state index in [1.54, 1.807) is 29.8 Å². The van der Waals surface area contributed by atoms with Gasteiger partial charge in [-0.3, -0.25) is 4.79 Å². The van der Waals surface area contributed by atoms with Gasteiger partial charge in [-0.2, -0.15) is 0 Å². The summed E-state index contributed by atoms with van der Waals surface area (Å²) in [6.07, 6.45) is 2.69. The second-order valence-corrected chi connectivity index (χ2v) is 4.80. The Labute approximate surface area is 102 Å². The smallest absolute Gasteiger partial charge is 0.320 e. The molecule has 0 aliphatic carbocycles. The third kappa shape index (κ3) is 2.99. The minimum atomic E-state index is -0.774. The van der Waals surface area contributed by atoms with Crippen LogP contribution in [0.4, 0.5) is 4.79 Å². The molecule has 0 bridgehead atoms. The Balaban J connectivity index is 2.55. The van der Waals surface area contributed by atoms with Crippen molar-refractivity contribution in [2.24, 2.45) is 5.41 Å². The van der Waals surface area contributed by atoms with Crippen LogP contribution >= 0.6 is 0 Å². The zero-order valence-electron chi connectivity index (χ0n) is 10.5. The van der Waals surface area contributed by atoms with Crippen molar-refractivity contribution >= 4 is 12.0 Å². The standard InChI is InChI=1S/C12H20N2O3/c1-4-7-13(3)11(17)14-8-5-12(2,6-9-14)10(15)16/h4H,1,5-9H2,2-3H3,(H,15,16). The van der Waals surface area contributed by atoms with Crippen molar-refractivity contribution in [2.75, 3.05) is 26.7 Å². The number of rotatable bonds is 3. The number of likely N-dealkylation sites (tertiary alicyclic amines) is 1. The van der Waals surface area contributed by atoms with Gasteiger partial charge in [0.05, 0.1) is 5.41 Å². The van der Waals surface area contributed by atoms with E-state index in [9.17, 15) is 9.59 Å². The van der Waals surface area contributed by atoms with Gasteiger partial charge in [-0.25, -0.2) is 4.79 Å². The van der Waals surface area contributed by atoms with Gasteiger partial charge in [0.15, 0.2) is 0 Å². The van der Waals surface area contributed by atoms with Crippen LogP contribution in [0.1, 0.15) is 19.8 Å². The minimum absolute atomic E-state index is 0.0580. The molecular formula is C12H20N2O3. The first kappa shape index (κ1) is 13.5. The molecule has 0 aromatic carbocycles. The number of hydrogen-bond acceptors (Lipinski definition) is 2. The van der Waals surface area contributed by atoms with Gasteiger partial charge in [-0.1, -0.05) is 6.08 Å². The Morgan fingerprint density at radius 1 is 1.47 bits per heavy atom. The fourth-order valence-electron chi connectivity index (χ4n) is 1.92. The lowest BCUT2D eigenvalue weighted by molar-refractivity contribution is -0.150. The Morgan fingerprint density at radius 3 is 2.41 bits per heavy atom. The molecule has 0 aromatic heterocycles. The van der Waals surface area contributed by atoms with E-state index in [-0.39, 0.29) is 6.03 Å². The molecule has 0 unspecified atom stereocenters. The summed E-state index contributed by atoms with van der Waals surface area (Å²) < 4.78 is 0. The third-order valence-corrected chi connectivity index (χ3v) is 3.38. The van der Waals surface area contributed by atoms with E-state index in [0.29, 0.717) is 32.5 Å². The van der Waals surface area contributed by atoms with E-state index >= 15 is 0 Å². The van der Waals surface area contributed by atoms with Crippen LogP contribution < -0.4 is 0 Å². The second kappa shape index (κ2) is 5.21. The number of carbonyl (C=O) groups excluding carboxylic acids is 1. The number of carboxylic acid groups (broad SMARTS) is 1. The number of aliphatic carboxylic acids is 1. The second-order valence-electron chi connectivity index (χ2n) is 4.80. The van der Waals surface area contributed by atoms with Crippen molar-refractivity contribution in [3.05, 3.63) is 12.7 Å². The van der Waals surface area contributed by atoms with Crippen LogP contribution in [0, 0.1) is 5.41 Å². The first-order valence-electron chi connectivity index (χ1n) is 5.75. The summed E-state index contributed by atoms with van der Waals surface area (Å²) in [5.41, 5.74) is -0.687. The van der Waals surface area contributed by atoms with E-state index in [1.165, 1.54) is 0 Å². The van der Waals surface area contributed by atoms with Crippen LogP contribution in [0.25, 0.3) is 0 Å². The Kier molecular flexibility index (Phi) is 4.15. The van der Waals surface area contributed by atoms with E-state index < -0.39 is 11.4 Å². The average Bonchev–Trinajstić information content (AvgIpc) is 2.29. The molecular weight excluding hydrogens is 220 g/mol. The van der Waals surface area contributed by atoms with Gasteiger partial charge in [-0.15, -0.1) is 6.58 Å². The van der Waals surface area contributed by atoms with Gasteiger partial charge in [0, 0.05) is 26.7 Å². The van der Waals surface area contributed by atoms with Gasteiger partial charge in [0.25, 0.3) is 0 Å². The van der Waals surface area contributed by atoms with Crippen LogP contribution in [0.3, 0.4) is 0 Å². The molecule has 0 spiro atoms. The molecule has 1 rings (SSSR count). The first-order chi connectivity index (χ1) is 7.90. The monoisotopic (exact) mass is 240 g/mol. The Bertz CT molecular complexity index is 320. The van der Waals surface area contributed by atoms with E-state index in [4.69, 9.17) is 5.11 Å². The topological polar surface area (TPSA) is 60.9 Å². The summed E-state index contributed by atoms with van der Waals surface area (Å²) >= 11 is 0. The predicted molar refractivity (Wildman–Crippen MR) is 64.8 cm³/mol. The lowest BCUT2D eigenvalue weighted by atomic mass is 9.80. The van der Waals surface area contributed by atoms with Crippen molar-refractivity contribution in [2.45, 2.75) is 19.8 Å². The lowest BCUT2D eigenvalue weighted by Gasteiger charge is -2.37. The fraction of sp³-hybridized carbons (Fsp3) is 0.667. The van der Waals surface area contributed by atoms with Gasteiger partial charge >= 0.3 is 12.0 Å². The molecule has 5 heteroatoms. The highest BCUT2D eigenvalue weighted by Crippen LogP contribution is 2.31. The minimum Gasteiger partial charge on any atom is -0.481 e. The van der Waals surface area contributed by atoms with Crippen LogP contribution in [0.2, 0.25) is 0 Å². The molecule has 1 fully saturated rings. The molecule has 0 aromatic rings. The van der Waals surface area contributed by atoms with Gasteiger partial charge in [0.2, 0.25) is 0 Å². The lowest BCUT2D eigenvalue weighted by Crippen LogP contribution is -2.49. The fourth-order valence-corrected chi connectivity index (χ4v) is 1.92. The molecule has 2 amide bonds. The highest BCUT2D eigenvalue weighted by Gasteiger charge is 2.38. The molecule has 17 heavy (non-hydrogen) atoms. The molecule has 1 aliphatic rings. The highest BCUT2D eigenvalue weighted by atomic mass is 16.4.